The minimum absolute atomic E-state index is 0.0323. The number of piperazine rings is 1. The van der Waals surface area contributed by atoms with Crippen molar-refractivity contribution in [2.24, 2.45) is 0 Å². The standard InChI is InChI=1S/C20H25N5OS2/c1-28(26,17-11-14-3-2-4-16(14)27-17)25-10-9-24(12-20(25)6-7-20)19-15-5-8-21-18(15)22-13-23-19/h5,8,11,13,28H,2-4,6-7,9-10,12H2,1H3,(H,21,22,23). The number of hydrogen-bond donors (Lipinski definition) is 2. The summed E-state index contributed by atoms with van der Waals surface area (Å²) in [5, 5.41) is 1.07. The number of H-pyrrole nitrogens is 1. The maximum Gasteiger partial charge on any atom is 0.142 e. The van der Waals surface area contributed by atoms with Crippen LogP contribution in [0.15, 0.2) is 28.9 Å². The molecular formula is C20H25N5OS2. The highest BCUT2D eigenvalue weighted by Crippen LogP contribution is 2.50. The van der Waals surface area contributed by atoms with E-state index in [-0.39, 0.29) is 5.54 Å². The molecule has 28 heavy (non-hydrogen) atoms. The van der Waals surface area contributed by atoms with Crippen LogP contribution in [0.1, 0.15) is 29.7 Å². The van der Waals surface area contributed by atoms with Crippen molar-refractivity contribution in [1.82, 2.24) is 19.3 Å². The van der Waals surface area contributed by atoms with Crippen molar-refractivity contribution >= 4 is 38.3 Å². The maximum absolute atomic E-state index is 14.0. The molecule has 1 spiro atoms. The fourth-order valence-corrected chi connectivity index (χ4v) is 9.53. The van der Waals surface area contributed by atoms with E-state index in [0.29, 0.717) is 0 Å². The zero-order valence-corrected chi connectivity index (χ0v) is 17.7. The molecule has 6 rings (SSSR count). The highest BCUT2D eigenvalue weighted by molar-refractivity contribution is 8.02. The van der Waals surface area contributed by atoms with E-state index in [9.17, 15) is 4.21 Å². The number of hydrogen-bond acceptors (Lipinski definition) is 5. The average molecular weight is 416 g/mol. The number of rotatable bonds is 3. The zero-order chi connectivity index (χ0) is 18.9. The third kappa shape index (κ3) is 2.44. The van der Waals surface area contributed by atoms with Gasteiger partial charge in [-0.2, -0.15) is 0 Å². The van der Waals surface area contributed by atoms with E-state index in [2.05, 4.69) is 36.3 Å². The van der Waals surface area contributed by atoms with E-state index in [1.54, 1.807) is 6.33 Å². The van der Waals surface area contributed by atoms with Crippen LogP contribution in [0.4, 0.5) is 5.82 Å². The molecule has 0 amide bonds. The Morgan fingerprint density at radius 3 is 2.96 bits per heavy atom. The lowest BCUT2D eigenvalue weighted by atomic mass is 10.2. The molecule has 0 atom stereocenters. The lowest BCUT2D eigenvalue weighted by Crippen LogP contribution is -2.58. The molecule has 3 aliphatic rings. The number of anilines is 1. The van der Waals surface area contributed by atoms with Crippen LogP contribution in [0, 0.1) is 0 Å². The largest absolute Gasteiger partial charge is 0.353 e. The molecule has 148 valence electrons. The predicted molar refractivity (Wildman–Crippen MR) is 115 cm³/mol. The third-order valence-corrected chi connectivity index (χ3v) is 11.5. The number of fused-ring (bicyclic) bond motifs is 2. The van der Waals surface area contributed by atoms with Gasteiger partial charge in [-0.3, -0.25) is 4.21 Å². The normalized spacial score (nSPS) is 22.1. The number of thiophene rings is 1. The van der Waals surface area contributed by atoms with Crippen LogP contribution in [-0.2, 0) is 23.0 Å². The summed E-state index contributed by atoms with van der Waals surface area (Å²) in [6.07, 6.45) is 11.4. The van der Waals surface area contributed by atoms with Gasteiger partial charge in [-0.05, 0) is 59.9 Å². The smallest absolute Gasteiger partial charge is 0.142 e. The molecule has 0 unspecified atom stereocenters. The highest BCUT2D eigenvalue weighted by Gasteiger charge is 2.55. The van der Waals surface area contributed by atoms with Gasteiger partial charge in [0.2, 0.25) is 0 Å². The van der Waals surface area contributed by atoms with Gasteiger partial charge in [-0.25, -0.2) is 14.3 Å². The first-order valence-corrected chi connectivity index (χ1v) is 13.0. The second-order valence-electron chi connectivity index (χ2n) is 8.47. The first kappa shape index (κ1) is 17.1. The topological polar surface area (TPSA) is 65.1 Å². The summed E-state index contributed by atoms with van der Waals surface area (Å²) < 4.78 is 17.5. The first-order chi connectivity index (χ1) is 13.6. The van der Waals surface area contributed by atoms with Crippen LogP contribution >= 0.6 is 11.3 Å². The number of aromatic nitrogens is 3. The monoisotopic (exact) mass is 415 g/mol. The van der Waals surface area contributed by atoms with E-state index in [0.717, 1.165) is 60.0 Å². The average Bonchev–Trinajstić information content (AvgIpc) is 3.10. The Balaban J connectivity index is 1.31. The van der Waals surface area contributed by atoms with Gasteiger partial charge in [0.1, 0.15) is 17.8 Å². The van der Waals surface area contributed by atoms with Crippen molar-refractivity contribution in [3.63, 3.8) is 0 Å². The van der Waals surface area contributed by atoms with Gasteiger partial charge in [0, 0.05) is 42.5 Å². The molecule has 1 N–H and O–H groups in total. The molecule has 3 aromatic rings. The van der Waals surface area contributed by atoms with Crippen LogP contribution in [0.2, 0.25) is 0 Å². The molecule has 0 aromatic carbocycles. The van der Waals surface area contributed by atoms with Gasteiger partial charge in [-0.1, -0.05) is 0 Å². The van der Waals surface area contributed by atoms with Crippen LogP contribution in [0.5, 0.6) is 0 Å². The van der Waals surface area contributed by atoms with E-state index in [1.165, 1.54) is 23.3 Å². The second kappa shape index (κ2) is 5.87. The van der Waals surface area contributed by atoms with Crippen molar-refractivity contribution in [3.05, 3.63) is 35.1 Å². The van der Waals surface area contributed by atoms with Crippen molar-refractivity contribution in [3.8, 4) is 0 Å². The minimum atomic E-state index is -2.53. The lowest BCUT2D eigenvalue weighted by Gasteiger charge is -2.47. The van der Waals surface area contributed by atoms with Gasteiger partial charge in [-0.15, -0.1) is 11.3 Å². The van der Waals surface area contributed by atoms with Gasteiger partial charge in [0.15, 0.2) is 0 Å². The summed E-state index contributed by atoms with van der Waals surface area (Å²) in [6, 6.07) is 4.30. The molecule has 3 aromatic heterocycles. The molecule has 1 saturated carbocycles. The Hall–Kier alpha value is -1.77. The van der Waals surface area contributed by atoms with Crippen molar-refractivity contribution < 1.29 is 4.21 Å². The summed E-state index contributed by atoms with van der Waals surface area (Å²) in [6.45, 7) is 2.57. The minimum Gasteiger partial charge on any atom is -0.353 e. The molecule has 6 nitrogen and oxygen atoms in total. The fraction of sp³-hybridized carbons (Fsp3) is 0.500. The van der Waals surface area contributed by atoms with Crippen LogP contribution in [-0.4, -0.2) is 54.9 Å². The van der Waals surface area contributed by atoms with Crippen LogP contribution < -0.4 is 4.90 Å². The van der Waals surface area contributed by atoms with Crippen LogP contribution in [0.25, 0.3) is 11.0 Å². The SMILES string of the molecule is C[SH](=O)(c1cc2c(s1)CCC2)N1CCN(c2ncnc3[nH]ccc23)CC12CC2. The Kier molecular flexibility index (Phi) is 3.59. The Labute approximate surface area is 169 Å². The quantitative estimate of drug-likeness (QED) is 0.646. The van der Waals surface area contributed by atoms with E-state index >= 15 is 0 Å². The molecule has 2 aliphatic carbocycles. The maximum atomic E-state index is 14.0. The second-order valence-corrected chi connectivity index (χ2v) is 12.6. The number of nitrogens with one attached hydrogen (secondary N) is 1. The molecule has 8 heteroatoms. The predicted octanol–water partition coefficient (Wildman–Crippen LogP) is 2.78. The van der Waals surface area contributed by atoms with Crippen molar-refractivity contribution in [2.45, 2.75) is 41.9 Å². The van der Waals surface area contributed by atoms with Crippen LogP contribution in [0.3, 0.4) is 0 Å². The molecule has 1 saturated heterocycles. The van der Waals surface area contributed by atoms with Gasteiger partial charge >= 0.3 is 0 Å². The van der Waals surface area contributed by atoms with E-state index < -0.39 is 10.1 Å². The summed E-state index contributed by atoms with van der Waals surface area (Å²) in [5.41, 5.74) is 2.36. The molecule has 0 radical (unpaired) electrons. The summed E-state index contributed by atoms with van der Waals surface area (Å²) in [7, 11) is -2.53. The third-order valence-electron chi connectivity index (χ3n) is 6.68. The van der Waals surface area contributed by atoms with E-state index in [1.807, 2.05) is 23.8 Å². The fourth-order valence-electron chi connectivity index (χ4n) is 5.05. The van der Waals surface area contributed by atoms with Gasteiger partial charge in [0.05, 0.1) is 9.60 Å². The summed E-state index contributed by atoms with van der Waals surface area (Å²) >= 11 is 1.81. The Morgan fingerprint density at radius 1 is 1.25 bits per heavy atom. The summed E-state index contributed by atoms with van der Waals surface area (Å²) in [5.74, 6) is 0.998. The van der Waals surface area contributed by atoms with E-state index in [4.69, 9.17) is 0 Å². The zero-order valence-electron chi connectivity index (χ0n) is 16.0. The number of aromatic amines is 1. The summed E-state index contributed by atoms with van der Waals surface area (Å²) in [4.78, 5) is 15.9. The number of thiol groups is 1. The highest BCUT2D eigenvalue weighted by atomic mass is 32.3. The number of nitrogens with zero attached hydrogens (tertiary/aromatic N) is 4. The molecule has 0 bridgehead atoms. The first-order valence-electron chi connectivity index (χ1n) is 10.1. The van der Waals surface area contributed by atoms with Crippen molar-refractivity contribution in [1.29, 1.82) is 0 Å². The Bertz CT molecular complexity index is 1090. The molecule has 1 aliphatic heterocycles. The lowest BCUT2D eigenvalue weighted by molar-refractivity contribution is 0.279. The Morgan fingerprint density at radius 2 is 2.14 bits per heavy atom. The van der Waals surface area contributed by atoms with Gasteiger partial charge in [0.25, 0.3) is 0 Å². The van der Waals surface area contributed by atoms with Gasteiger partial charge < -0.3 is 9.88 Å². The molecule has 4 heterocycles. The molecular weight excluding hydrogens is 390 g/mol. The number of aryl methyl sites for hydroxylation is 2. The van der Waals surface area contributed by atoms with Crippen molar-refractivity contribution in [2.75, 3.05) is 30.8 Å². The molecule has 2 fully saturated rings.